The summed E-state index contributed by atoms with van der Waals surface area (Å²) in [5, 5.41) is 2.65. The Hall–Kier alpha value is -1.56. The molecule has 19 heavy (non-hydrogen) atoms. The van der Waals surface area contributed by atoms with Gasteiger partial charge in [0.15, 0.2) is 0 Å². The summed E-state index contributed by atoms with van der Waals surface area (Å²) in [6, 6.07) is 15.4. The standard InChI is InChI=1S/C19H24/c1-3-5-6-7-10-16(4-2)19-14-13-17-11-8-9-12-18(17)15-19/h4,8-9,11-16H,2-3,5-7,10H2,1H3/t16-/m0/s1. The summed E-state index contributed by atoms with van der Waals surface area (Å²) < 4.78 is 0. The van der Waals surface area contributed by atoms with E-state index in [0.717, 1.165) is 0 Å². The predicted octanol–water partition coefficient (Wildman–Crippen LogP) is 6.08. The fourth-order valence-corrected chi connectivity index (χ4v) is 2.65. The normalized spacial score (nSPS) is 12.5. The summed E-state index contributed by atoms with van der Waals surface area (Å²) in [6.45, 7) is 6.27. The van der Waals surface area contributed by atoms with E-state index in [1.807, 2.05) is 0 Å². The van der Waals surface area contributed by atoms with Crippen LogP contribution in [0, 0.1) is 0 Å². The van der Waals surface area contributed by atoms with Crippen molar-refractivity contribution in [1.29, 1.82) is 0 Å². The molecule has 0 N–H and O–H groups in total. The molecule has 0 saturated carbocycles. The molecule has 0 spiro atoms. The van der Waals surface area contributed by atoms with E-state index in [2.05, 4.69) is 62.0 Å². The van der Waals surface area contributed by atoms with Gasteiger partial charge in [0, 0.05) is 5.92 Å². The van der Waals surface area contributed by atoms with Gasteiger partial charge in [-0.05, 0) is 22.8 Å². The van der Waals surface area contributed by atoms with Crippen molar-refractivity contribution in [3.63, 3.8) is 0 Å². The van der Waals surface area contributed by atoms with Gasteiger partial charge in [0.2, 0.25) is 0 Å². The SMILES string of the molecule is C=C[C@@H](CCCCCC)c1ccc2ccccc2c1. The predicted molar refractivity (Wildman–Crippen MR) is 85.6 cm³/mol. The monoisotopic (exact) mass is 252 g/mol. The van der Waals surface area contributed by atoms with Crippen molar-refractivity contribution in [3.8, 4) is 0 Å². The van der Waals surface area contributed by atoms with Crippen LogP contribution in [0.4, 0.5) is 0 Å². The lowest BCUT2D eigenvalue weighted by molar-refractivity contribution is 0.604. The third kappa shape index (κ3) is 3.70. The van der Waals surface area contributed by atoms with Gasteiger partial charge in [-0.1, -0.05) is 81.1 Å². The molecule has 0 radical (unpaired) electrons. The van der Waals surface area contributed by atoms with Crippen molar-refractivity contribution in [1.82, 2.24) is 0 Å². The van der Waals surface area contributed by atoms with Crippen LogP contribution in [-0.4, -0.2) is 0 Å². The van der Waals surface area contributed by atoms with Crippen molar-refractivity contribution in [2.75, 3.05) is 0 Å². The lowest BCUT2D eigenvalue weighted by atomic mass is 9.91. The van der Waals surface area contributed by atoms with Crippen LogP contribution in [0.25, 0.3) is 10.8 Å². The van der Waals surface area contributed by atoms with Crippen LogP contribution in [0.15, 0.2) is 55.1 Å². The van der Waals surface area contributed by atoms with Gasteiger partial charge in [-0.25, -0.2) is 0 Å². The molecule has 0 nitrogen and oxygen atoms in total. The maximum atomic E-state index is 4.02. The second-order valence-electron chi connectivity index (χ2n) is 5.30. The number of hydrogen-bond donors (Lipinski definition) is 0. The molecule has 2 aromatic carbocycles. The highest BCUT2D eigenvalue weighted by molar-refractivity contribution is 5.83. The van der Waals surface area contributed by atoms with Crippen molar-refractivity contribution < 1.29 is 0 Å². The summed E-state index contributed by atoms with van der Waals surface area (Å²) in [5.41, 5.74) is 1.41. The fourth-order valence-electron chi connectivity index (χ4n) is 2.65. The van der Waals surface area contributed by atoms with Gasteiger partial charge in [-0.2, -0.15) is 0 Å². The maximum absolute atomic E-state index is 4.02. The number of unbranched alkanes of at least 4 members (excludes halogenated alkanes) is 3. The first-order chi connectivity index (χ1) is 9.35. The van der Waals surface area contributed by atoms with Gasteiger partial charge >= 0.3 is 0 Å². The number of hydrogen-bond acceptors (Lipinski definition) is 0. The minimum absolute atomic E-state index is 0.501. The zero-order chi connectivity index (χ0) is 13.5. The molecule has 2 aromatic rings. The Kier molecular flexibility index (Phi) is 5.20. The molecule has 0 aromatic heterocycles. The largest absolute Gasteiger partial charge is 0.102 e. The zero-order valence-electron chi connectivity index (χ0n) is 11.9. The highest BCUT2D eigenvalue weighted by atomic mass is 14.1. The number of benzene rings is 2. The zero-order valence-corrected chi connectivity index (χ0v) is 11.9. The van der Waals surface area contributed by atoms with Crippen molar-refractivity contribution in [2.24, 2.45) is 0 Å². The lowest BCUT2D eigenvalue weighted by Crippen LogP contribution is -1.95. The Balaban J connectivity index is 2.09. The van der Waals surface area contributed by atoms with E-state index in [1.165, 1.54) is 48.4 Å². The van der Waals surface area contributed by atoms with E-state index < -0.39 is 0 Å². The summed E-state index contributed by atoms with van der Waals surface area (Å²) in [6.07, 6.45) is 8.62. The van der Waals surface area contributed by atoms with Crippen LogP contribution in [0.5, 0.6) is 0 Å². The molecule has 0 bridgehead atoms. The smallest absolute Gasteiger partial charge is 0.00155 e. The van der Waals surface area contributed by atoms with Crippen LogP contribution in [0.1, 0.15) is 50.5 Å². The average molecular weight is 252 g/mol. The molecule has 0 aliphatic rings. The summed E-state index contributed by atoms with van der Waals surface area (Å²) in [5.74, 6) is 0.501. The van der Waals surface area contributed by atoms with Gasteiger partial charge in [-0.3, -0.25) is 0 Å². The van der Waals surface area contributed by atoms with E-state index in [9.17, 15) is 0 Å². The quantitative estimate of drug-likeness (QED) is 0.414. The van der Waals surface area contributed by atoms with E-state index >= 15 is 0 Å². The molecule has 0 saturated heterocycles. The molecule has 0 aliphatic carbocycles. The molecule has 0 unspecified atom stereocenters. The van der Waals surface area contributed by atoms with Gasteiger partial charge in [-0.15, -0.1) is 6.58 Å². The second-order valence-corrected chi connectivity index (χ2v) is 5.30. The molecular weight excluding hydrogens is 228 g/mol. The third-order valence-corrected chi connectivity index (χ3v) is 3.85. The minimum Gasteiger partial charge on any atom is -0.102 e. The lowest BCUT2D eigenvalue weighted by Gasteiger charge is -2.13. The molecule has 1 atom stereocenters. The third-order valence-electron chi connectivity index (χ3n) is 3.85. The molecule has 0 heteroatoms. The van der Waals surface area contributed by atoms with Crippen LogP contribution in [-0.2, 0) is 0 Å². The minimum atomic E-state index is 0.501. The first kappa shape index (κ1) is 13.9. The number of fused-ring (bicyclic) bond motifs is 1. The summed E-state index contributed by atoms with van der Waals surface area (Å²) in [4.78, 5) is 0. The van der Waals surface area contributed by atoms with E-state index in [-0.39, 0.29) is 0 Å². The van der Waals surface area contributed by atoms with Crippen molar-refractivity contribution >= 4 is 10.8 Å². The highest BCUT2D eigenvalue weighted by Gasteiger charge is 2.07. The van der Waals surface area contributed by atoms with Crippen LogP contribution in [0.2, 0.25) is 0 Å². The first-order valence-electron chi connectivity index (χ1n) is 7.46. The second kappa shape index (κ2) is 7.13. The molecule has 2 rings (SSSR count). The van der Waals surface area contributed by atoms with Crippen LogP contribution >= 0.6 is 0 Å². The Morgan fingerprint density at radius 2 is 1.79 bits per heavy atom. The summed E-state index contributed by atoms with van der Waals surface area (Å²) >= 11 is 0. The topological polar surface area (TPSA) is 0 Å². The van der Waals surface area contributed by atoms with Gasteiger partial charge in [0.25, 0.3) is 0 Å². The Morgan fingerprint density at radius 3 is 2.53 bits per heavy atom. The van der Waals surface area contributed by atoms with Gasteiger partial charge < -0.3 is 0 Å². The van der Waals surface area contributed by atoms with E-state index in [4.69, 9.17) is 0 Å². The molecule has 0 amide bonds. The summed E-state index contributed by atoms with van der Waals surface area (Å²) in [7, 11) is 0. The molecule has 0 fully saturated rings. The first-order valence-corrected chi connectivity index (χ1v) is 7.46. The van der Waals surface area contributed by atoms with Gasteiger partial charge in [0.05, 0.1) is 0 Å². The van der Waals surface area contributed by atoms with E-state index in [0.29, 0.717) is 5.92 Å². The van der Waals surface area contributed by atoms with Crippen LogP contribution in [0.3, 0.4) is 0 Å². The number of allylic oxidation sites excluding steroid dienone is 1. The Morgan fingerprint density at radius 1 is 1.00 bits per heavy atom. The highest BCUT2D eigenvalue weighted by Crippen LogP contribution is 2.26. The van der Waals surface area contributed by atoms with Crippen LogP contribution < -0.4 is 0 Å². The Labute approximate surface area is 117 Å². The van der Waals surface area contributed by atoms with Crippen molar-refractivity contribution in [2.45, 2.75) is 44.9 Å². The molecule has 0 aliphatic heterocycles. The van der Waals surface area contributed by atoms with Crippen molar-refractivity contribution in [3.05, 3.63) is 60.7 Å². The van der Waals surface area contributed by atoms with Gasteiger partial charge in [0.1, 0.15) is 0 Å². The fraction of sp³-hybridized carbons (Fsp3) is 0.368. The molecule has 0 heterocycles. The van der Waals surface area contributed by atoms with E-state index in [1.54, 1.807) is 0 Å². The number of rotatable bonds is 7. The Bertz CT molecular complexity index is 524. The molecule has 100 valence electrons. The molecular formula is C19H24. The average Bonchev–Trinajstić information content (AvgIpc) is 2.47. The maximum Gasteiger partial charge on any atom is 0.00155 e.